The number of aryl methyl sites for hydroxylation is 1. The van der Waals surface area contributed by atoms with Crippen molar-refractivity contribution in [2.75, 3.05) is 6.26 Å². The van der Waals surface area contributed by atoms with E-state index in [1.165, 1.54) is 11.8 Å². The molecule has 3 rings (SSSR count). The Morgan fingerprint density at radius 2 is 1.95 bits per heavy atom. The number of benzene rings is 1. The first-order chi connectivity index (χ1) is 9.72. The summed E-state index contributed by atoms with van der Waals surface area (Å²) in [5.41, 5.74) is 2.78. The van der Waals surface area contributed by atoms with E-state index in [0.717, 1.165) is 16.4 Å². The lowest BCUT2D eigenvalue weighted by Crippen LogP contribution is -2.11. The van der Waals surface area contributed by atoms with Crippen molar-refractivity contribution in [3.8, 4) is 0 Å². The Labute approximate surface area is 120 Å². The van der Waals surface area contributed by atoms with Gasteiger partial charge in [0.25, 0.3) is 0 Å². The first-order valence-electron chi connectivity index (χ1n) is 6.20. The molecule has 2 aromatic heterocycles. The molecule has 0 N–H and O–H groups in total. The molecule has 0 saturated heterocycles. The molecule has 1 aromatic carbocycles. The smallest absolute Gasteiger partial charge is 0.197 e. The lowest BCUT2D eigenvalue weighted by molar-refractivity contribution is 0.103. The summed E-state index contributed by atoms with van der Waals surface area (Å²) in [6.45, 7) is 1.86. The molecule has 0 aliphatic rings. The summed E-state index contributed by atoms with van der Waals surface area (Å²) in [6, 6.07) is 11.1. The number of ketones is 1. The highest BCUT2D eigenvalue weighted by Gasteiger charge is 2.20. The first-order valence-corrected chi connectivity index (χ1v) is 7.43. The lowest BCUT2D eigenvalue weighted by Gasteiger charge is -2.11. The van der Waals surface area contributed by atoms with Gasteiger partial charge in [0, 0.05) is 11.6 Å². The Balaban J connectivity index is 2.25. The van der Waals surface area contributed by atoms with Gasteiger partial charge in [0.1, 0.15) is 5.03 Å². The van der Waals surface area contributed by atoms with Crippen LogP contribution >= 0.6 is 11.8 Å². The Bertz CT molecular complexity index is 780. The van der Waals surface area contributed by atoms with Crippen LogP contribution in [0.15, 0.2) is 47.6 Å². The average Bonchev–Trinajstić information content (AvgIpc) is 2.93. The summed E-state index contributed by atoms with van der Waals surface area (Å²) < 4.78 is 1.72. The molecule has 0 aliphatic carbocycles. The van der Waals surface area contributed by atoms with Crippen LogP contribution in [0, 0.1) is 6.92 Å². The number of carbonyl (C=O) groups is 1. The number of nitrogens with zero attached hydrogens (tertiary/aromatic N) is 3. The molecule has 0 fully saturated rings. The molecule has 0 saturated carbocycles. The third-order valence-corrected chi connectivity index (χ3v) is 3.89. The van der Waals surface area contributed by atoms with Crippen molar-refractivity contribution < 1.29 is 4.79 Å². The van der Waals surface area contributed by atoms with E-state index < -0.39 is 0 Å². The fourth-order valence-electron chi connectivity index (χ4n) is 2.21. The number of hydrogen-bond donors (Lipinski definition) is 0. The molecule has 2 heterocycles. The third-order valence-electron chi connectivity index (χ3n) is 3.13. The molecule has 3 aromatic rings. The van der Waals surface area contributed by atoms with E-state index in [1.54, 1.807) is 10.7 Å². The zero-order valence-electron chi connectivity index (χ0n) is 11.2. The molecular weight excluding hydrogens is 270 g/mol. The van der Waals surface area contributed by atoms with Gasteiger partial charge in [0.15, 0.2) is 11.4 Å². The number of hydrogen-bond acceptors (Lipinski definition) is 4. The van der Waals surface area contributed by atoms with Gasteiger partial charge in [-0.2, -0.15) is 5.10 Å². The summed E-state index contributed by atoms with van der Waals surface area (Å²) in [6.07, 6.45) is 3.63. The minimum absolute atomic E-state index is 0.0163. The molecule has 0 atom stereocenters. The summed E-state index contributed by atoms with van der Waals surface area (Å²) in [7, 11) is 0. The average molecular weight is 283 g/mol. The fraction of sp³-hybridized carbons (Fsp3) is 0.133. The molecule has 100 valence electrons. The van der Waals surface area contributed by atoms with Crippen molar-refractivity contribution in [2.45, 2.75) is 11.9 Å². The molecule has 0 unspecified atom stereocenters. The monoisotopic (exact) mass is 283 g/mol. The van der Waals surface area contributed by atoms with Gasteiger partial charge in [0.2, 0.25) is 0 Å². The summed E-state index contributed by atoms with van der Waals surface area (Å²) in [5, 5.41) is 5.07. The molecule has 4 nitrogen and oxygen atoms in total. The topological polar surface area (TPSA) is 47.3 Å². The fourth-order valence-corrected chi connectivity index (χ4v) is 2.97. The molecule has 0 bridgehead atoms. The second-order valence-corrected chi connectivity index (χ2v) is 5.17. The zero-order valence-corrected chi connectivity index (χ0v) is 12.0. The summed E-state index contributed by atoms with van der Waals surface area (Å²) >= 11 is 1.51. The number of carbonyl (C=O) groups excluding carboxylic acids is 1. The van der Waals surface area contributed by atoms with Gasteiger partial charge < -0.3 is 0 Å². The van der Waals surface area contributed by atoms with Crippen LogP contribution in [0.3, 0.4) is 0 Å². The first kappa shape index (κ1) is 12.9. The Morgan fingerprint density at radius 1 is 1.20 bits per heavy atom. The van der Waals surface area contributed by atoms with E-state index in [1.807, 2.05) is 49.6 Å². The van der Waals surface area contributed by atoms with Crippen LogP contribution in [0.2, 0.25) is 0 Å². The minimum atomic E-state index is -0.0163. The van der Waals surface area contributed by atoms with Gasteiger partial charge in [-0.25, -0.2) is 9.50 Å². The van der Waals surface area contributed by atoms with E-state index in [-0.39, 0.29) is 5.78 Å². The Kier molecular flexibility index (Phi) is 3.28. The van der Waals surface area contributed by atoms with Crippen LogP contribution in [0.5, 0.6) is 0 Å². The largest absolute Gasteiger partial charge is 0.288 e. The summed E-state index contributed by atoms with van der Waals surface area (Å²) in [4.78, 5) is 17.2. The quantitative estimate of drug-likeness (QED) is 0.421. The maximum Gasteiger partial charge on any atom is 0.197 e. The van der Waals surface area contributed by atoms with Crippen LogP contribution in [0.1, 0.15) is 21.6 Å². The van der Waals surface area contributed by atoms with Crippen molar-refractivity contribution in [1.29, 1.82) is 0 Å². The number of thioether (sulfide) groups is 1. The van der Waals surface area contributed by atoms with Crippen LogP contribution in [-0.4, -0.2) is 26.6 Å². The summed E-state index contributed by atoms with van der Waals surface area (Å²) in [5.74, 6) is -0.0163. The standard InChI is InChI=1S/C15H13N3OS/c1-10-13(14(19)11-6-4-3-5-7-11)15(20-2)18-12(17-10)8-9-16-18/h3-9H,1-2H3. The second-order valence-electron chi connectivity index (χ2n) is 4.38. The predicted octanol–water partition coefficient (Wildman–Crippen LogP) is 2.99. The minimum Gasteiger partial charge on any atom is -0.288 e. The van der Waals surface area contributed by atoms with Crippen molar-refractivity contribution in [2.24, 2.45) is 0 Å². The van der Waals surface area contributed by atoms with Gasteiger partial charge in [-0.15, -0.1) is 11.8 Å². The van der Waals surface area contributed by atoms with Crippen molar-refractivity contribution in [3.63, 3.8) is 0 Å². The maximum atomic E-state index is 12.7. The van der Waals surface area contributed by atoms with E-state index in [2.05, 4.69) is 10.1 Å². The van der Waals surface area contributed by atoms with Crippen LogP contribution in [0.4, 0.5) is 0 Å². The highest BCUT2D eigenvalue weighted by atomic mass is 32.2. The highest BCUT2D eigenvalue weighted by Crippen LogP contribution is 2.25. The van der Waals surface area contributed by atoms with Crippen LogP contribution < -0.4 is 0 Å². The third kappa shape index (κ3) is 2.00. The van der Waals surface area contributed by atoms with Crippen molar-refractivity contribution in [1.82, 2.24) is 14.6 Å². The number of rotatable bonds is 3. The number of fused-ring (bicyclic) bond motifs is 1. The van der Waals surface area contributed by atoms with Gasteiger partial charge in [-0.3, -0.25) is 4.79 Å². The highest BCUT2D eigenvalue weighted by molar-refractivity contribution is 7.98. The normalized spacial score (nSPS) is 10.9. The predicted molar refractivity (Wildman–Crippen MR) is 79.4 cm³/mol. The van der Waals surface area contributed by atoms with Crippen LogP contribution in [-0.2, 0) is 0 Å². The van der Waals surface area contributed by atoms with Crippen molar-refractivity contribution >= 4 is 23.2 Å². The molecule has 0 aliphatic heterocycles. The van der Waals surface area contributed by atoms with Gasteiger partial charge in [0.05, 0.1) is 17.5 Å². The van der Waals surface area contributed by atoms with E-state index in [0.29, 0.717) is 11.1 Å². The molecule has 0 spiro atoms. The van der Waals surface area contributed by atoms with Gasteiger partial charge in [-0.05, 0) is 13.2 Å². The van der Waals surface area contributed by atoms with E-state index in [9.17, 15) is 4.79 Å². The van der Waals surface area contributed by atoms with Gasteiger partial charge >= 0.3 is 0 Å². The number of aromatic nitrogens is 3. The molecule has 0 amide bonds. The second kappa shape index (κ2) is 5.09. The van der Waals surface area contributed by atoms with Crippen molar-refractivity contribution in [3.05, 3.63) is 59.4 Å². The zero-order chi connectivity index (χ0) is 14.1. The lowest BCUT2D eigenvalue weighted by atomic mass is 10.0. The van der Waals surface area contributed by atoms with E-state index >= 15 is 0 Å². The van der Waals surface area contributed by atoms with Crippen LogP contribution in [0.25, 0.3) is 5.65 Å². The molecule has 5 heteroatoms. The van der Waals surface area contributed by atoms with Gasteiger partial charge in [-0.1, -0.05) is 30.3 Å². The molecule has 0 radical (unpaired) electrons. The van der Waals surface area contributed by atoms with E-state index in [4.69, 9.17) is 0 Å². The molecule has 20 heavy (non-hydrogen) atoms. The maximum absolute atomic E-state index is 12.7. The Hall–Kier alpha value is -2.14. The molecular formula is C15H13N3OS. The Morgan fingerprint density at radius 3 is 2.65 bits per heavy atom. The SMILES string of the molecule is CSc1c(C(=O)c2ccccc2)c(C)nc2ccnn12.